The molecule has 0 spiro atoms. The van der Waals surface area contributed by atoms with Gasteiger partial charge in [-0.25, -0.2) is 0 Å². The summed E-state index contributed by atoms with van der Waals surface area (Å²) < 4.78 is 0. The van der Waals surface area contributed by atoms with E-state index >= 15 is 0 Å². The number of carbonyl (C=O) groups is 2. The van der Waals surface area contributed by atoms with Crippen LogP contribution in [-0.4, -0.2) is 75.5 Å². The Hall–Kier alpha value is -0.140. The number of carboxylic acid groups (broad SMARTS) is 1. The van der Waals surface area contributed by atoms with Gasteiger partial charge in [-0.3, -0.25) is 9.59 Å². The zero-order valence-electron chi connectivity index (χ0n) is 15.7. The minimum absolute atomic E-state index is 0. The van der Waals surface area contributed by atoms with E-state index in [1.165, 1.54) is 51.4 Å². The SMILES string of the molecule is CCCCCCCCCCCCC(O)CC(CC(=O)O)NC(=O)CO.[NaH]. The summed E-state index contributed by atoms with van der Waals surface area (Å²) in [5.74, 6) is -1.65. The summed E-state index contributed by atoms with van der Waals surface area (Å²) >= 11 is 0. The predicted molar refractivity (Wildman–Crippen MR) is 106 cm³/mol. The number of rotatable bonds is 17. The van der Waals surface area contributed by atoms with E-state index in [2.05, 4.69) is 12.2 Å². The number of hydrogen-bond donors (Lipinski definition) is 4. The number of carbonyl (C=O) groups excluding carboxylic acids is 1. The van der Waals surface area contributed by atoms with Crippen LogP contribution in [0.2, 0.25) is 0 Å². The third kappa shape index (κ3) is 18.6. The standard InChI is InChI=1S/C19H37NO5.Na.H/c1-2-3-4-5-6-7-8-9-10-11-12-17(22)13-16(14-19(24)25)20-18(23)15-21;;/h16-17,21-22H,2-15H2,1H3,(H,20,23)(H,24,25);;. The Bertz CT molecular complexity index is 355. The first-order valence-corrected chi connectivity index (χ1v) is 9.79. The van der Waals surface area contributed by atoms with Gasteiger partial charge in [0.2, 0.25) is 5.91 Å². The molecule has 26 heavy (non-hydrogen) atoms. The molecule has 0 aliphatic heterocycles. The van der Waals surface area contributed by atoms with E-state index < -0.39 is 30.6 Å². The quantitative estimate of drug-likeness (QED) is 0.228. The molecule has 0 saturated carbocycles. The van der Waals surface area contributed by atoms with Crippen molar-refractivity contribution < 1.29 is 24.9 Å². The maximum atomic E-state index is 11.2. The van der Waals surface area contributed by atoms with Gasteiger partial charge in [-0.05, 0) is 12.8 Å². The molecule has 0 rings (SSSR count). The van der Waals surface area contributed by atoms with Crippen molar-refractivity contribution in [3.63, 3.8) is 0 Å². The number of aliphatic hydroxyl groups excluding tert-OH is 2. The molecule has 0 aromatic carbocycles. The van der Waals surface area contributed by atoms with Crippen molar-refractivity contribution in [2.45, 2.75) is 103 Å². The number of aliphatic hydroxyl groups is 2. The number of aliphatic carboxylic acids is 1. The van der Waals surface area contributed by atoms with Gasteiger partial charge in [-0.2, -0.15) is 0 Å². The average Bonchev–Trinajstić information content (AvgIpc) is 2.55. The van der Waals surface area contributed by atoms with E-state index in [0.717, 1.165) is 12.8 Å². The van der Waals surface area contributed by atoms with E-state index in [4.69, 9.17) is 10.2 Å². The number of hydrogen-bond acceptors (Lipinski definition) is 4. The van der Waals surface area contributed by atoms with Crippen LogP contribution in [0, 0.1) is 0 Å². The van der Waals surface area contributed by atoms with Crippen molar-refractivity contribution >= 4 is 41.4 Å². The summed E-state index contributed by atoms with van der Waals surface area (Å²) in [4.78, 5) is 22.0. The minimum atomic E-state index is -1.03. The molecule has 0 saturated heterocycles. The van der Waals surface area contributed by atoms with Crippen LogP contribution >= 0.6 is 0 Å². The molecule has 2 unspecified atom stereocenters. The van der Waals surface area contributed by atoms with Crippen LogP contribution in [-0.2, 0) is 9.59 Å². The molecule has 0 aromatic heterocycles. The van der Waals surface area contributed by atoms with Crippen LogP contribution in [0.5, 0.6) is 0 Å². The first-order valence-electron chi connectivity index (χ1n) is 9.79. The molecule has 0 aromatic rings. The molecule has 7 heteroatoms. The fourth-order valence-electron chi connectivity index (χ4n) is 2.99. The molecule has 0 bridgehead atoms. The van der Waals surface area contributed by atoms with Gasteiger partial charge in [-0.1, -0.05) is 71.1 Å². The van der Waals surface area contributed by atoms with Gasteiger partial charge in [0, 0.05) is 6.04 Å². The summed E-state index contributed by atoms with van der Waals surface area (Å²) in [6, 6.07) is -0.643. The summed E-state index contributed by atoms with van der Waals surface area (Å²) in [6.45, 7) is 1.55. The average molecular weight is 384 g/mol. The van der Waals surface area contributed by atoms with E-state index in [-0.39, 0.29) is 42.4 Å². The Labute approximate surface area is 180 Å². The first kappa shape index (κ1) is 28.1. The zero-order valence-corrected chi connectivity index (χ0v) is 15.7. The van der Waals surface area contributed by atoms with Crippen LogP contribution in [0.4, 0.5) is 0 Å². The molecule has 6 nitrogen and oxygen atoms in total. The Morgan fingerprint density at radius 2 is 1.42 bits per heavy atom. The van der Waals surface area contributed by atoms with Gasteiger partial charge in [0.15, 0.2) is 0 Å². The van der Waals surface area contributed by atoms with Crippen molar-refractivity contribution in [1.82, 2.24) is 5.32 Å². The van der Waals surface area contributed by atoms with Gasteiger partial charge in [0.1, 0.15) is 6.61 Å². The van der Waals surface area contributed by atoms with Gasteiger partial charge >= 0.3 is 35.5 Å². The van der Waals surface area contributed by atoms with E-state index in [1.807, 2.05) is 0 Å². The molecule has 0 fully saturated rings. The molecule has 150 valence electrons. The first-order chi connectivity index (χ1) is 12.0. The molecule has 1 amide bonds. The predicted octanol–water partition coefficient (Wildman–Crippen LogP) is 2.35. The van der Waals surface area contributed by atoms with Gasteiger partial charge < -0.3 is 20.6 Å². The fourth-order valence-corrected chi connectivity index (χ4v) is 2.99. The van der Waals surface area contributed by atoms with Gasteiger partial charge in [0.25, 0.3) is 0 Å². The van der Waals surface area contributed by atoms with Gasteiger partial charge in [0.05, 0.1) is 12.5 Å². The molecule has 0 heterocycles. The van der Waals surface area contributed by atoms with E-state index in [0.29, 0.717) is 6.42 Å². The second-order valence-electron chi connectivity index (χ2n) is 6.88. The van der Waals surface area contributed by atoms with Crippen LogP contribution in [0.3, 0.4) is 0 Å². The Balaban J connectivity index is 0. The van der Waals surface area contributed by atoms with E-state index in [1.54, 1.807) is 0 Å². The normalized spacial score (nSPS) is 12.9. The van der Waals surface area contributed by atoms with Crippen molar-refractivity contribution in [1.29, 1.82) is 0 Å². The van der Waals surface area contributed by atoms with Crippen LogP contribution < -0.4 is 5.32 Å². The number of amides is 1. The van der Waals surface area contributed by atoms with Crippen LogP contribution in [0.1, 0.15) is 90.4 Å². The monoisotopic (exact) mass is 383 g/mol. The Morgan fingerprint density at radius 1 is 0.923 bits per heavy atom. The Morgan fingerprint density at radius 3 is 1.88 bits per heavy atom. The molecular weight excluding hydrogens is 345 g/mol. The van der Waals surface area contributed by atoms with Crippen molar-refractivity contribution in [2.75, 3.05) is 6.61 Å². The third-order valence-electron chi connectivity index (χ3n) is 4.38. The number of unbranched alkanes of at least 4 members (excludes halogenated alkanes) is 9. The fraction of sp³-hybridized carbons (Fsp3) is 0.895. The second kappa shape index (κ2) is 19.6. The summed E-state index contributed by atoms with van der Waals surface area (Å²) in [7, 11) is 0. The molecule has 2 atom stereocenters. The summed E-state index contributed by atoms with van der Waals surface area (Å²) in [5.41, 5.74) is 0. The van der Waals surface area contributed by atoms with Crippen molar-refractivity contribution in [2.24, 2.45) is 0 Å². The third-order valence-corrected chi connectivity index (χ3v) is 4.38. The summed E-state index contributed by atoms with van der Waals surface area (Å²) in [6.07, 6.45) is 12.2. The molecule has 0 radical (unpaired) electrons. The Kier molecular flexibility index (Phi) is 21.2. The number of carboxylic acids is 1. The molecule has 4 N–H and O–H groups in total. The summed E-state index contributed by atoms with van der Waals surface area (Å²) in [5, 5.41) is 30.1. The van der Waals surface area contributed by atoms with Crippen LogP contribution in [0.15, 0.2) is 0 Å². The number of nitrogens with one attached hydrogen (secondary N) is 1. The van der Waals surface area contributed by atoms with Gasteiger partial charge in [-0.15, -0.1) is 0 Å². The molecule has 0 aliphatic carbocycles. The van der Waals surface area contributed by atoms with Crippen LogP contribution in [0.25, 0.3) is 0 Å². The molecule has 0 aliphatic rings. The zero-order chi connectivity index (χ0) is 18.9. The molecular formula is C19H38NNaO5. The van der Waals surface area contributed by atoms with Crippen molar-refractivity contribution in [3.8, 4) is 0 Å². The second-order valence-corrected chi connectivity index (χ2v) is 6.88. The van der Waals surface area contributed by atoms with Crippen molar-refractivity contribution in [3.05, 3.63) is 0 Å². The topological polar surface area (TPSA) is 107 Å². The van der Waals surface area contributed by atoms with E-state index in [9.17, 15) is 14.7 Å². The maximum absolute atomic E-state index is 11.2.